The highest BCUT2D eigenvalue weighted by molar-refractivity contribution is 5.40. The molecule has 0 radical (unpaired) electrons. The van der Waals surface area contributed by atoms with Crippen LogP contribution < -0.4 is 9.47 Å². The second-order valence-electron chi connectivity index (χ2n) is 6.50. The van der Waals surface area contributed by atoms with Gasteiger partial charge in [0.2, 0.25) is 0 Å². The molecule has 3 nitrogen and oxygen atoms in total. The van der Waals surface area contributed by atoms with Crippen LogP contribution in [0.1, 0.15) is 23.5 Å². The van der Waals surface area contributed by atoms with Gasteiger partial charge in [-0.2, -0.15) is 0 Å². The number of ether oxygens (including phenoxy) is 2. The number of hydrogen-bond acceptors (Lipinski definition) is 3. The lowest BCUT2D eigenvalue weighted by molar-refractivity contribution is 0.302. The summed E-state index contributed by atoms with van der Waals surface area (Å²) in [6.45, 7) is 1.82. The summed E-state index contributed by atoms with van der Waals surface area (Å²) in [5.74, 6) is 2.44. The van der Waals surface area contributed by atoms with Gasteiger partial charge >= 0.3 is 0 Å². The van der Waals surface area contributed by atoms with E-state index >= 15 is 0 Å². The van der Waals surface area contributed by atoms with Gasteiger partial charge in [0, 0.05) is 24.2 Å². The molecule has 1 aliphatic carbocycles. The van der Waals surface area contributed by atoms with Crippen LogP contribution in [0, 0.1) is 11.7 Å². The molecule has 0 aliphatic heterocycles. The van der Waals surface area contributed by atoms with Crippen LogP contribution in [0.5, 0.6) is 11.5 Å². The van der Waals surface area contributed by atoms with Gasteiger partial charge in [-0.25, -0.2) is 4.39 Å². The van der Waals surface area contributed by atoms with Gasteiger partial charge in [0.05, 0.1) is 14.2 Å². The lowest BCUT2D eigenvalue weighted by Gasteiger charge is -2.18. The van der Waals surface area contributed by atoms with Gasteiger partial charge in [-0.15, -0.1) is 0 Å². The first-order valence-electron chi connectivity index (χ1n) is 8.26. The Labute approximate surface area is 143 Å². The van der Waals surface area contributed by atoms with E-state index in [0.29, 0.717) is 11.8 Å². The number of benzene rings is 2. The second-order valence-corrected chi connectivity index (χ2v) is 6.50. The van der Waals surface area contributed by atoms with Gasteiger partial charge in [-0.05, 0) is 49.6 Å². The quantitative estimate of drug-likeness (QED) is 0.764. The first-order chi connectivity index (χ1) is 11.6. The number of para-hydroxylation sites is 1. The minimum Gasteiger partial charge on any atom is -0.496 e. The molecule has 2 aromatic rings. The first-order valence-corrected chi connectivity index (χ1v) is 8.26. The summed E-state index contributed by atoms with van der Waals surface area (Å²) in [6, 6.07) is 12.9. The van der Waals surface area contributed by atoms with E-state index in [2.05, 4.69) is 18.0 Å². The third-order valence-electron chi connectivity index (χ3n) is 4.69. The van der Waals surface area contributed by atoms with Crippen molar-refractivity contribution < 1.29 is 13.9 Å². The highest BCUT2D eigenvalue weighted by Crippen LogP contribution is 2.50. The maximum atomic E-state index is 13.6. The highest BCUT2D eigenvalue weighted by atomic mass is 19.1. The molecule has 0 saturated heterocycles. The van der Waals surface area contributed by atoms with Gasteiger partial charge in [0.1, 0.15) is 17.3 Å². The van der Waals surface area contributed by atoms with Gasteiger partial charge in [-0.1, -0.05) is 18.2 Å². The van der Waals surface area contributed by atoms with Gasteiger partial charge in [-0.3, -0.25) is 0 Å². The summed E-state index contributed by atoms with van der Waals surface area (Å²) in [5.41, 5.74) is 2.18. The fraction of sp³-hybridized carbons (Fsp3) is 0.400. The predicted molar refractivity (Wildman–Crippen MR) is 93.1 cm³/mol. The molecular weight excluding hydrogens is 305 g/mol. The fourth-order valence-electron chi connectivity index (χ4n) is 3.41. The average molecular weight is 329 g/mol. The molecule has 1 aliphatic rings. The van der Waals surface area contributed by atoms with Crippen LogP contribution >= 0.6 is 0 Å². The zero-order valence-electron chi connectivity index (χ0n) is 14.5. The van der Waals surface area contributed by atoms with Crippen molar-refractivity contribution in [2.75, 3.05) is 27.8 Å². The van der Waals surface area contributed by atoms with Crippen molar-refractivity contribution >= 4 is 0 Å². The monoisotopic (exact) mass is 329 g/mol. The summed E-state index contributed by atoms with van der Waals surface area (Å²) in [6.07, 6.45) is 1.08. The van der Waals surface area contributed by atoms with E-state index < -0.39 is 0 Å². The van der Waals surface area contributed by atoms with Crippen LogP contribution in [-0.4, -0.2) is 32.7 Å². The molecule has 0 heterocycles. The fourth-order valence-corrected chi connectivity index (χ4v) is 3.41. The zero-order valence-corrected chi connectivity index (χ0v) is 14.5. The van der Waals surface area contributed by atoms with Gasteiger partial charge < -0.3 is 14.4 Å². The topological polar surface area (TPSA) is 21.7 Å². The van der Waals surface area contributed by atoms with E-state index in [9.17, 15) is 4.39 Å². The Balaban J connectivity index is 1.61. The van der Waals surface area contributed by atoms with Crippen LogP contribution in [-0.2, 0) is 6.54 Å². The highest BCUT2D eigenvalue weighted by Gasteiger charge is 2.40. The maximum absolute atomic E-state index is 13.6. The van der Waals surface area contributed by atoms with E-state index in [1.165, 1.54) is 11.6 Å². The van der Waals surface area contributed by atoms with Crippen LogP contribution in [0.4, 0.5) is 4.39 Å². The zero-order chi connectivity index (χ0) is 17.1. The molecule has 2 atom stereocenters. The smallest absolute Gasteiger partial charge is 0.123 e. The molecule has 128 valence electrons. The van der Waals surface area contributed by atoms with E-state index in [1.54, 1.807) is 26.4 Å². The van der Waals surface area contributed by atoms with Crippen molar-refractivity contribution in [3.63, 3.8) is 0 Å². The van der Waals surface area contributed by atoms with Crippen LogP contribution in [0.15, 0.2) is 42.5 Å². The maximum Gasteiger partial charge on any atom is 0.123 e. The normalized spacial score (nSPS) is 19.4. The molecule has 2 aromatic carbocycles. The Morgan fingerprint density at radius 2 is 1.83 bits per heavy atom. The minimum absolute atomic E-state index is 0.196. The number of hydrogen-bond donors (Lipinski definition) is 0. The molecule has 0 aromatic heterocycles. The largest absolute Gasteiger partial charge is 0.496 e. The second kappa shape index (κ2) is 7.22. The number of nitrogens with zero attached hydrogens (tertiary/aromatic N) is 1. The molecule has 1 fully saturated rings. The summed E-state index contributed by atoms with van der Waals surface area (Å²) < 4.78 is 24.4. The first kappa shape index (κ1) is 16.8. The molecule has 3 rings (SSSR count). The summed E-state index contributed by atoms with van der Waals surface area (Å²) in [7, 11) is 5.46. The molecule has 4 heteroatoms. The van der Waals surface area contributed by atoms with E-state index in [0.717, 1.165) is 36.6 Å². The Morgan fingerprint density at radius 1 is 1.08 bits per heavy atom. The lowest BCUT2D eigenvalue weighted by Crippen LogP contribution is -2.21. The average Bonchev–Trinajstić information content (AvgIpc) is 3.34. The Morgan fingerprint density at radius 3 is 2.58 bits per heavy atom. The van der Waals surface area contributed by atoms with Crippen LogP contribution in [0.3, 0.4) is 0 Å². The Kier molecular flexibility index (Phi) is 5.05. The van der Waals surface area contributed by atoms with Gasteiger partial charge in [0.25, 0.3) is 0 Å². The van der Waals surface area contributed by atoms with Crippen molar-refractivity contribution in [2.24, 2.45) is 5.92 Å². The van der Waals surface area contributed by atoms with Crippen molar-refractivity contribution in [3.8, 4) is 11.5 Å². The number of halogens is 1. The molecule has 2 unspecified atom stereocenters. The lowest BCUT2D eigenvalue weighted by atomic mass is 10.1. The van der Waals surface area contributed by atoms with Gasteiger partial charge in [0.15, 0.2) is 0 Å². The van der Waals surface area contributed by atoms with E-state index in [-0.39, 0.29) is 5.82 Å². The Hall–Kier alpha value is -2.07. The summed E-state index contributed by atoms with van der Waals surface area (Å²) >= 11 is 0. The van der Waals surface area contributed by atoms with Crippen molar-refractivity contribution in [1.82, 2.24) is 4.90 Å². The molecule has 0 amide bonds. The molecule has 0 spiro atoms. The van der Waals surface area contributed by atoms with E-state index in [1.807, 2.05) is 18.2 Å². The summed E-state index contributed by atoms with van der Waals surface area (Å²) in [5, 5.41) is 0. The van der Waals surface area contributed by atoms with Crippen molar-refractivity contribution in [3.05, 3.63) is 59.4 Å². The van der Waals surface area contributed by atoms with Crippen molar-refractivity contribution in [2.45, 2.75) is 18.9 Å². The minimum atomic E-state index is -0.196. The van der Waals surface area contributed by atoms with Crippen LogP contribution in [0.2, 0.25) is 0 Å². The summed E-state index contributed by atoms with van der Waals surface area (Å²) in [4.78, 5) is 2.30. The number of methoxy groups -OCH3 is 2. The molecule has 0 N–H and O–H groups in total. The molecule has 24 heavy (non-hydrogen) atoms. The third-order valence-corrected chi connectivity index (χ3v) is 4.69. The third kappa shape index (κ3) is 3.70. The predicted octanol–water partition coefficient (Wildman–Crippen LogP) is 4.08. The SMILES string of the molecule is COc1ccccc1CN(C)CC1CC1c1cc(F)ccc1OC. The standard InChI is InChI=1S/C20H24FNO2/c1-22(12-14-6-4-5-7-19(14)23-2)13-15-10-17(15)18-11-16(21)8-9-20(18)24-3/h4-9,11,15,17H,10,12-13H2,1-3H3. The molecular formula is C20H24FNO2. The van der Waals surface area contributed by atoms with E-state index in [4.69, 9.17) is 9.47 Å². The molecule has 0 bridgehead atoms. The molecule has 1 saturated carbocycles. The number of rotatable bonds is 7. The Bertz CT molecular complexity index is 704. The van der Waals surface area contributed by atoms with Crippen molar-refractivity contribution in [1.29, 1.82) is 0 Å². The van der Waals surface area contributed by atoms with Crippen LogP contribution in [0.25, 0.3) is 0 Å².